The molecule has 1 fully saturated rings. The fraction of sp³-hybridized carbons (Fsp3) is 0.167. The second-order valence-corrected chi connectivity index (χ2v) is 12.4. The molecule has 0 heterocycles. The van der Waals surface area contributed by atoms with E-state index in [4.69, 9.17) is 9.47 Å². The Bertz CT molecular complexity index is 2040. The summed E-state index contributed by atoms with van der Waals surface area (Å²) in [5.74, 6) is 0.137. The molecule has 8 heteroatoms. The van der Waals surface area contributed by atoms with Gasteiger partial charge in [-0.2, -0.15) is 0 Å². The highest BCUT2D eigenvalue weighted by molar-refractivity contribution is 5.81. The van der Waals surface area contributed by atoms with Crippen LogP contribution in [0.15, 0.2) is 149 Å². The minimum Gasteiger partial charge on any atom is -0.491 e. The van der Waals surface area contributed by atoms with E-state index in [9.17, 15) is 14.4 Å². The average molecular weight is 664 g/mol. The molecule has 1 aliphatic rings. The first-order chi connectivity index (χ1) is 24.5. The lowest BCUT2D eigenvalue weighted by molar-refractivity contribution is -0.144. The smallest absolute Gasteiger partial charge is 0.326 e. The molecule has 1 aliphatic carbocycles. The maximum Gasteiger partial charge on any atom is 0.326 e. The molecule has 6 aromatic rings. The zero-order valence-corrected chi connectivity index (χ0v) is 27.6. The summed E-state index contributed by atoms with van der Waals surface area (Å²) in [5, 5.41) is 9.97. The van der Waals surface area contributed by atoms with Gasteiger partial charge in [-0.3, -0.25) is 19.7 Å². The lowest BCUT2D eigenvalue weighted by atomic mass is 9.76. The van der Waals surface area contributed by atoms with Gasteiger partial charge < -0.3 is 20.1 Å². The van der Waals surface area contributed by atoms with Crippen molar-refractivity contribution in [3.63, 3.8) is 0 Å². The van der Waals surface area contributed by atoms with Gasteiger partial charge in [0.1, 0.15) is 29.8 Å². The molecular formula is C42H37N3O5. The monoisotopic (exact) mass is 663 g/mol. The summed E-state index contributed by atoms with van der Waals surface area (Å²) in [6, 6.07) is 44.8. The summed E-state index contributed by atoms with van der Waals surface area (Å²) in [6.45, 7) is 0.0127. The molecular weight excluding hydrogens is 626 g/mol. The van der Waals surface area contributed by atoms with Gasteiger partial charge in [-0.15, -0.1) is 0 Å². The van der Waals surface area contributed by atoms with Crippen LogP contribution in [0.3, 0.4) is 0 Å². The van der Waals surface area contributed by atoms with Crippen LogP contribution in [-0.2, 0) is 15.1 Å². The quantitative estimate of drug-likeness (QED) is 0.0667. The lowest BCUT2D eigenvalue weighted by Gasteiger charge is -2.39. The third kappa shape index (κ3) is 6.66. The molecule has 0 bridgehead atoms. The number of carbonyl (C=O) groups is 1. The molecule has 6 aromatic carbocycles. The molecule has 0 spiro atoms. The molecule has 7 rings (SSSR count). The number of anilines is 3. The Morgan fingerprint density at radius 1 is 0.700 bits per heavy atom. The van der Waals surface area contributed by atoms with Crippen molar-refractivity contribution in [1.29, 1.82) is 0 Å². The number of hydrogen-bond donors (Lipinski definition) is 3. The van der Waals surface area contributed by atoms with Gasteiger partial charge in [0, 0.05) is 11.7 Å². The summed E-state index contributed by atoms with van der Waals surface area (Å²) in [6.07, 6.45) is 2.01. The van der Waals surface area contributed by atoms with Gasteiger partial charge in [0.05, 0.1) is 12.6 Å². The van der Waals surface area contributed by atoms with Crippen LogP contribution in [0.1, 0.15) is 29.5 Å². The Labute approximate surface area is 290 Å². The first-order valence-corrected chi connectivity index (χ1v) is 16.7. The van der Waals surface area contributed by atoms with Gasteiger partial charge in [0.25, 0.3) is 10.9 Å². The summed E-state index contributed by atoms with van der Waals surface area (Å²) in [7, 11) is 1.38. The molecule has 8 nitrogen and oxygen atoms in total. The number of hydrogen-bond acceptors (Lipinski definition) is 8. The SMILES string of the molecule is COC(=O)[C@H](COc1ccc(-c2cccc(Nc3c(NC4CC4)c(=O)c3=O)c2)cc1)NC(c1ccccc1)(c1ccccc1)c1ccccc1. The van der Waals surface area contributed by atoms with E-state index in [0.29, 0.717) is 22.8 Å². The molecule has 0 saturated heterocycles. The number of carbonyl (C=O) groups excluding carboxylic acids is 1. The molecule has 0 radical (unpaired) electrons. The molecule has 50 heavy (non-hydrogen) atoms. The van der Waals surface area contributed by atoms with Crippen LogP contribution in [0.4, 0.5) is 17.1 Å². The van der Waals surface area contributed by atoms with Crippen molar-refractivity contribution in [2.45, 2.75) is 30.5 Å². The van der Waals surface area contributed by atoms with Crippen molar-refractivity contribution >= 4 is 23.0 Å². The standard InChI is InChI=1S/C42H37N3O5/c1-49-41(48)36(45-42(30-13-5-2-6-14-30,31-15-7-3-8-16-31)32-17-9-4-10-18-32)27-50-35-24-20-28(21-25-35)29-12-11-19-34(26-29)44-38-37(39(46)40(38)47)43-33-22-23-33/h2-21,24-26,33,36,43-45H,22-23,27H2,1H3/t36-/m0/s1. The maximum atomic E-state index is 13.4. The van der Waals surface area contributed by atoms with Crippen molar-refractivity contribution < 1.29 is 14.3 Å². The van der Waals surface area contributed by atoms with Crippen LogP contribution in [-0.4, -0.2) is 31.8 Å². The van der Waals surface area contributed by atoms with E-state index < -0.39 is 28.4 Å². The van der Waals surface area contributed by atoms with Crippen molar-refractivity contribution in [2.24, 2.45) is 0 Å². The second kappa shape index (κ2) is 14.2. The van der Waals surface area contributed by atoms with E-state index in [0.717, 1.165) is 40.7 Å². The van der Waals surface area contributed by atoms with E-state index in [1.54, 1.807) is 0 Å². The fourth-order valence-electron chi connectivity index (χ4n) is 6.31. The second-order valence-electron chi connectivity index (χ2n) is 12.4. The summed E-state index contributed by atoms with van der Waals surface area (Å²) in [5.41, 5.74) is 4.27. The number of rotatable bonds is 14. The Morgan fingerprint density at radius 3 is 1.80 bits per heavy atom. The molecule has 3 N–H and O–H groups in total. The van der Waals surface area contributed by atoms with Crippen molar-refractivity contribution in [2.75, 3.05) is 24.4 Å². The van der Waals surface area contributed by atoms with E-state index in [1.165, 1.54) is 7.11 Å². The normalized spacial score (nSPS) is 13.4. The molecule has 1 saturated carbocycles. The predicted octanol–water partition coefficient (Wildman–Crippen LogP) is 6.77. The van der Waals surface area contributed by atoms with Crippen LogP contribution in [0.5, 0.6) is 5.75 Å². The van der Waals surface area contributed by atoms with Gasteiger partial charge in [-0.1, -0.05) is 115 Å². The van der Waals surface area contributed by atoms with Gasteiger partial charge in [0.15, 0.2) is 0 Å². The third-order valence-corrected chi connectivity index (χ3v) is 9.07. The molecule has 1 atom stereocenters. The van der Waals surface area contributed by atoms with Crippen LogP contribution in [0.25, 0.3) is 11.1 Å². The first kappa shape index (κ1) is 32.6. The topological polar surface area (TPSA) is 106 Å². The van der Waals surface area contributed by atoms with E-state index in [-0.39, 0.29) is 12.6 Å². The van der Waals surface area contributed by atoms with Crippen LogP contribution in [0.2, 0.25) is 0 Å². The largest absolute Gasteiger partial charge is 0.491 e. The Balaban J connectivity index is 1.11. The van der Waals surface area contributed by atoms with E-state index >= 15 is 0 Å². The number of benzene rings is 5. The summed E-state index contributed by atoms with van der Waals surface area (Å²) in [4.78, 5) is 37.8. The van der Waals surface area contributed by atoms with Crippen molar-refractivity contribution in [3.8, 4) is 16.9 Å². The zero-order valence-electron chi connectivity index (χ0n) is 27.6. The Hall–Kier alpha value is -5.99. The van der Waals surface area contributed by atoms with Crippen molar-refractivity contribution in [1.82, 2.24) is 5.32 Å². The Kier molecular flexibility index (Phi) is 9.27. The minimum absolute atomic E-state index is 0.0127. The maximum absolute atomic E-state index is 13.4. The van der Waals surface area contributed by atoms with Crippen LogP contribution >= 0.6 is 0 Å². The zero-order chi connectivity index (χ0) is 34.5. The van der Waals surface area contributed by atoms with Crippen LogP contribution < -0.4 is 31.5 Å². The minimum atomic E-state index is -0.892. The highest BCUT2D eigenvalue weighted by Crippen LogP contribution is 2.37. The number of esters is 1. The molecule has 0 aliphatic heterocycles. The fourth-order valence-corrected chi connectivity index (χ4v) is 6.31. The summed E-state index contributed by atoms with van der Waals surface area (Å²) >= 11 is 0. The first-order valence-electron chi connectivity index (χ1n) is 16.7. The number of nitrogens with one attached hydrogen (secondary N) is 3. The number of methoxy groups -OCH3 is 1. The lowest BCUT2D eigenvalue weighted by Crippen LogP contribution is -2.55. The van der Waals surface area contributed by atoms with Gasteiger partial charge in [-0.05, 0) is 64.9 Å². The predicted molar refractivity (Wildman–Crippen MR) is 197 cm³/mol. The van der Waals surface area contributed by atoms with E-state index in [2.05, 4.69) is 52.3 Å². The third-order valence-electron chi connectivity index (χ3n) is 9.07. The van der Waals surface area contributed by atoms with Gasteiger partial charge in [0.2, 0.25) is 0 Å². The molecule has 0 unspecified atom stereocenters. The summed E-state index contributed by atoms with van der Waals surface area (Å²) < 4.78 is 11.5. The molecule has 250 valence electrons. The van der Waals surface area contributed by atoms with Gasteiger partial charge >= 0.3 is 5.97 Å². The highest BCUT2D eigenvalue weighted by atomic mass is 16.5. The van der Waals surface area contributed by atoms with E-state index in [1.807, 2.05) is 103 Å². The average Bonchev–Trinajstić information content (AvgIpc) is 4.02. The highest BCUT2D eigenvalue weighted by Gasteiger charge is 2.40. The van der Waals surface area contributed by atoms with Gasteiger partial charge in [-0.25, -0.2) is 0 Å². The molecule has 0 aromatic heterocycles. The van der Waals surface area contributed by atoms with Crippen LogP contribution in [0, 0.1) is 0 Å². The van der Waals surface area contributed by atoms with Crippen molar-refractivity contribution in [3.05, 3.63) is 177 Å². The molecule has 0 amide bonds. The Morgan fingerprint density at radius 2 is 1.26 bits per heavy atom. The number of ether oxygens (including phenoxy) is 2.